The van der Waals surface area contributed by atoms with Crippen LogP contribution in [0.5, 0.6) is 11.5 Å². The number of hydrogen-bond acceptors (Lipinski definition) is 1. The van der Waals surface area contributed by atoms with Crippen LogP contribution in [0.15, 0.2) is 164 Å². The summed E-state index contributed by atoms with van der Waals surface area (Å²) in [6, 6.07) is 59.7. The van der Waals surface area contributed by atoms with Crippen molar-refractivity contribution in [1.82, 2.24) is 4.57 Å². The van der Waals surface area contributed by atoms with Crippen molar-refractivity contribution in [2.45, 2.75) is 11.8 Å². The first-order chi connectivity index (χ1) is 22.8. The predicted octanol–water partition coefficient (Wildman–Crippen LogP) is 10.8. The Kier molecular flexibility index (Phi) is 5.30. The van der Waals surface area contributed by atoms with Gasteiger partial charge in [0.25, 0.3) is 0 Å². The van der Waals surface area contributed by atoms with Crippen molar-refractivity contribution in [3.05, 3.63) is 197 Å². The average Bonchev–Trinajstić information content (AvgIpc) is 3.46. The van der Waals surface area contributed by atoms with E-state index >= 15 is 0 Å². The van der Waals surface area contributed by atoms with E-state index in [1.54, 1.807) is 0 Å². The van der Waals surface area contributed by atoms with Crippen molar-refractivity contribution in [1.29, 1.82) is 0 Å². The molecule has 216 valence electrons. The number of nitrogens with zero attached hydrogens (tertiary/aromatic N) is 1. The van der Waals surface area contributed by atoms with Gasteiger partial charge in [-0.05, 0) is 64.1 Å². The summed E-state index contributed by atoms with van der Waals surface area (Å²) in [5, 5.41) is 2.56. The lowest BCUT2D eigenvalue weighted by Crippen LogP contribution is -2.37. The first kappa shape index (κ1) is 25.5. The van der Waals surface area contributed by atoms with Crippen molar-refractivity contribution in [2.75, 3.05) is 0 Å². The van der Waals surface area contributed by atoms with E-state index in [0.717, 1.165) is 17.9 Å². The third-order valence-corrected chi connectivity index (χ3v) is 10.1. The van der Waals surface area contributed by atoms with Crippen molar-refractivity contribution in [3.63, 3.8) is 0 Å². The molecule has 0 N–H and O–H groups in total. The van der Waals surface area contributed by atoms with Gasteiger partial charge in [-0.1, -0.05) is 140 Å². The first-order valence-electron chi connectivity index (χ1n) is 16.0. The van der Waals surface area contributed by atoms with Crippen LogP contribution >= 0.6 is 0 Å². The Hall–Kier alpha value is -5.86. The smallest absolute Gasteiger partial charge is 0.132 e. The van der Waals surface area contributed by atoms with Crippen LogP contribution in [0.1, 0.15) is 33.4 Å². The van der Waals surface area contributed by atoms with E-state index in [2.05, 4.69) is 168 Å². The minimum Gasteiger partial charge on any atom is -0.457 e. The molecule has 1 unspecified atom stereocenters. The van der Waals surface area contributed by atoms with Crippen LogP contribution in [0.25, 0.3) is 38.6 Å². The zero-order valence-electron chi connectivity index (χ0n) is 25.2. The zero-order chi connectivity index (χ0) is 30.2. The average molecular weight is 588 g/mol. The van der Waals surface area contributed by atoms with E-state index in [0.29, 0.717) is 0 Å². The standard InChI is InChI=1S/C44H29NO/c1-2-11-31(12-3-1)32-24-21-29(22-25-32)27-30-23-26-42-38(28-30)44(36-16-6-9-20-41(36)46-42)35-15-5-8-19-40(35)45-39-18-7-4-13-33(39)34-14-10-17-37(44)43(34)45/h1-26,28H,27H2. The Morgan fingerprint density at radius 1 is 0.457 bits per heavy atom. The van der Waals surface area contributed by atoms with Gasteiger partial charge in [0, 0.05) is 21.9 Å². The predicted molar refractivity (Wildman–Crippen MR) is 187 cm³/mol. The van der Waals surface area contributed by atoms with Crippen LogP contribution in [0, 0.1) is 0 Å². The Morgan fingerprint density at radius 3 is 2.00 bits per heavy atom. The summed E-state index contributed by atoms with van der Waals surface area (Å²) in [4.78, 5) is 0. The van der Waals surface area contributed by atoms with Crippen molar-refractivity contribution < 1.29 is 4.74 Å². The molecule has 8 aromatic rings. The maximum atomic E-state index is 6.73. The summed E-state index contributed by atoms with van der Waals surface area (Å²) in [5.41, 5.74) is 13.2. The Bertz CT molecular complexity index is 2470. The molecule has 0 bridgehead atoms. The molecule has 2 aliphatic heterocycles. The minimum atomic E-state index is -0.544. The summed E-state index contributed by atoms with van der Waals surface area (Å²) in [5.74, 6) is 1.83. The highest BCUT2D eigenvalue weighted by Crippen LogP contribution is 2.60. The van der Waals surface area contributed by atoms with E-state index in [9.17, 15) is 0 Å². The van der Waals surface area contributed by atoms with Gasteiger partial charge in [-0.25, -0.2) is 0 Å². The molecule has 0 radical (unpaired) electrons. The lowest BCUT2D eigenvalue weighted by Gasteiger charge is -2.45. The summed E-state index contributed by atoms with van der Waals surface area (Å²) in [7, 11) is 0. The van der Waals surface area contributed by atoms with Gasteiger partial charge in [-0.2, -0.15) is 0 Å². The molecule has 0 aliphatic carbocycles. The molecule has 0 saturated carbocycles. The summed E-state index contributed by atoms with van der Waals surface area (Å²) in [6.45, 7) is 0. The van der Waals surface area contributed by atoms with Crippen LogP contribution in [-0.2, 0) is 11.8 Å². The molecule has 2 aliphatic rings. The number of para-hydroxylation sites is 4. The van der Waals surface area contributed by atoms with E-state index in [-0.39, 0.29) is 0 Å². The topological polar surface area (TPSA) is 14.2 Å². The zero-order valence-corrected chi connectivity index (χ0v) is 25.2. The lowest BCUT2D eigenvalue weighted by molar-refractivity contribution is 0.433. The molecule has 46 heavy (non-hydrogen) atoms. The lowest BCUT2D eigenvalue weighted by atomic mass is 9.61. The molecule has 0 saturated heterocycles. The molecule has 2 heteroatoms. The van der Waals surface area contributed by atoms with Gasteiger partial charge in [0.15, 0.2) is 0 Å². The monoisotopic (exact) mass is 587 g/mol. The normalized spacial score (nSPS) is 15.7. The minimum absolute atomic E-state index is 0.544. The molecular weight excluding hydrogens is 558 g/mol. The highest BCUT2D eigenvalue weighted by molar-refractivity contribution is 6.12. The number of benzene rings is 7. The van der Waals surface area contributed by atoms with Gasteiger partial charge < -0.3 is 9.30 Å². The van der Waals surface area contributed by atoms with E-state index in [1.165, 1.54) is 72.0 Å². The highest BCUT2D eigenvalue weighted by Gasteiger charge is 2.50. The Morgan fingerprint density at radius 2 is 1.11 bits per heavy atom. The SMILES string of the molecule is c1ccc(-c2ccc(Cc3ccc4c(c3)C3(c5ccccc5O4)c4ccccc4-n4c5ccccc5c5cccc3c54)cc2)cc1. The molecule has 3 heterocycles. The van der Waals surface area contributed by atoms with Gasteiger partial charge in [0.2, 0.25) is 0 Å². The van der Waals surface area contributed by atoms with Gasteiger partial charge in [0.1, 0.15) is 11.5 Å². The number of hydrogen-bond donors (Lipinski definition) is 0. The molecule has 0 amide bonds. The third-order valence-electron chi connectivity index (χ3n) is 10.1. The van der Waals surface area contributed by atoms with Crippen molar-refractivity contribution in [2.24, 2.45) is 0 Å². The largest absolute Gasteiger partial charge is 0.457 e. The van der Waals surface area contributed by atoms with Crippen LogP contribution in [0.4, 0.5) is 0 Å². The molecular formula is C44H29NO. The van der Waals surface area contributed by atoms with Gasteiger partial charge in [0.05, 0.1) is 22.1 Å². The molecule has 0 fully saturated rings. The van der Waals surface area contributed by atoms with Crippen LogP contribution < -0.4 is 4.74 Å². The number of rotatable bonds is 3. The van der Waals surface area contributed by atoms with Gasteiger partial charge in [-0.15, -0.1) is 0 Å². The fourth-order valence-corrected chi connectivity index (χ4v) is 8.16. The quantitative estimate of drug-likeness (QED) is 0.201. The highest BCUT2D eigenvalue weighted by atomic mass is 16.5. The van der Waals surface area contributed by atoms with Crippen molar-refractivity contribution >= 4 is 21.8 Å². The Balaban J connectivity index is 1.23. The second-order valence-corrected chi connectivity index (χ2v) is 12.5. The summed E-state index contributed by atoms with van der Waals surface area (Å²) in [6.07, 6.45) is 0.839. The molecule has 1 atom stereocenters. The van der Waals surface area contributed by atoms with Crippen LogP contribution in [0.2, 0.25) is 0 Å². The van der Waals surface area contributed by atoms with E-state index < -0.39 is 5.41 Å². The molecule has 10 rings (SSSR count). The fraction of sp³-hybridized carbons (Fsp3) is 0.0455. The molecule has 2 nitrogen and oxygen atoms in total. The molecule has 7 aromatic carbocycles. The number of aromatic nitrogens is 1. The molecule has 1 aromatic heterocycles. The maximum absolute atomic E-state index is 6.73. The fourth-order valence-electron chi connectivity index (χ4n) is 8.16. The number of ether oxygens (including phenoxy) is 1. The van der Waals surface area contributed by atoms with E-state index in [1.807, 2.05) is 0 Å². The van der Waals surface area contributed by atoms with Crippen LogP contribution in [-0.4, -0.2) is 4.57 Å². The second kappa shape index (κ2) is 9.57. The van der Waals surface area contributed by atoms with Gasteiger partial charge >= 0.3 is 0 Å². The third kappa shape index (κ3) is 3.41. The van der Waals surface area contributed by atoms with Crippen molar-refractivity contribution in [3.8, 4) is 28.3 Å². The van der Waals surface area contributed by atoms with E-state index in [4.69, 9.17) is 4.74 Å². The Labute approximate surface area is 267 Å². The summed E-state index contributed by atoms with van der Waals surface area (Å²) < 4.78 is 9.21. The van der Waals surface area contributed by atoms with Gasteiger partial charge in [-0.3, -0.25) is 0 Å². The second-order valence-electron chi connectivity index (χ2n) is 12.5. The number of fused-ring (bicyclic) bond motifs is 11. The maximum Gasteiger partial charge on any atom is 0.132 e. The summed E-state index contributed by atoms with van der Waals surface area (Å²) >= 11 is 0. The molecule has 1 spiro atoms. The van der Waals surface area contributed by atoms with Crippen LogP contribution in [0.3, 0.4) is 0 Å². The first-order valence-corrected chi connectivity index (χ1v) is 16.0.